The number of methoxy groups -OCH3 is 1. The second kappa shape index (κ2) is 11.6. The summed E-state index contributed by atoms with van der Waals surface area (Å²) in [6.07, 6.45) is 4.79. The SMILES string of the molecule is COc1cccc(CN(Cc2ccccc2)S(=O)(=O)c2ccc(S(=O)(=O)NC3CCCCC3)cc2)c1. The molecule has 0 aromatic heterocycles. The van der Waals surface area contributed by atoms with Crippen molar-refractivity contribution in [3.63, 3.8) is 0 Å². The van der Waals surface area contributed by atoms with Crippen LogP contribution in [0.5, 0.6) is 5.75 Å². The van der Waals surface area contributed by atoms with Gasteiger partial charge in [0.1, 0.15) is 5.75 Å². The van der Waals surface area contributed by atoms with Crippen molar-refractivity contribution >= 4 is 20.0 Å². The van der Waals surface area contributed by atoms with Crippen molar-refractivity contribution in [3.05, 3.63) is 90.0 Å². The van der Waals surface area contributed by atoms with E-state index >= 15 is 0 Å². The molecule has 1 N–H and O–H groups in total. The Kier molecular flexibility index (Phi) is 8.46. The number of hydrogen-bond donors (Lipinski definition) is 1. The van der Waals surface area contributed by atoms with Crippen LogP contribution in [0.2, 0.25) is 0 Å². The Hall–Kier alpha value is -2.72. The van der Waals surface area contributed by atoms with Crippen molar-refractivity contribution in [2.75, 3.05) is 7.11 Å². The highest BCUT2D eigenvalue weighted by molar-refractivity contribution is 7.89. The van der Waals surface area contributed by atoms with E-state index in [1.54, 1.807) is 19.2 Å². The van der Waals surface area contributed by atoms with E-state index in [9.17, 15) is 16.8 Å². The summed E-state index contributed by atoms with van der Waals surface area (Å²) in [5.74, 6) is 0.643. The lowest BCUT2D eigenvalue weighted by Gasteiger charge is -2.24. The minimum Gasteiger partial charge on any atom is -0.497 e. The summed E-state index contributed by atoms with van der Waals surface area (Å²) in [4.78, 5) is 0.104. The summed E-state index contributed by atoms with van der Waals surface area (Å²) >= 11 is 0. The lowest BCUT2D eigenvalue weighted by Crippen LogP contribution is -2.36. The molecule has 0 radical (unpaired) electrons. The van der Waals surface area contributed by atoms with Crippen molar-refractivity contribution < 1.29 is 21.6 Å². The van der Waals surface area contributed by atoms with Gasteiger partial charge in [-0.25, -0.2) is 21.6 Å². The fourth-order valence-corrected chi connectivity index (χ4v) is 7.16. The van der Waals surface area contributed by atoms with E-state index in [4.69, 9.17) is 4.74 Å². The van der Waals surface area contributed by atoms with Gasteiger partial charge >= 0.3 is 0 Å². The maximum atomic E-state index is 13.7. The van der Waals surface area contributed by atoms with Crippen LogP contribution in [0, 0.1) is 0 Å². The molecule has 0 heterocycles. The topological polar surface area (TPSA) is 92.8 Å². The predicted molar refractivity (Wildman–Crippen MR) is 140 cm³/mol. The second-order valence-corrected chi connectivity index (χ2v) is 12.7. The highest BCUT2D eigenvalue weighted by Crippen LogP contribution is 2.25. The lowest BCUT2D eigenvalue weighted by molar-refractivity contribution is 0.395. The lowest BCUT2D eigenvalue weighted by atomic mass is 9.96. The Morgan fingerprint density at radius 2 is 1.39 bits per heavy atom. The van der Waals surface area contributed by atoms with Gasteiger partial charge in [0.05, 0.1) is 16.9 Å². The Morgan fingerprint density at radius 3 is 2.06 bits per heavy atom. The second-order valence-electron chi connectivity index (χ2n) is 9.04. The zero-order valence-corrected chi connectivity index (χ0v) is 22.0. The molecule has 0 unspecified atom stereocenters. The molecule has 36 heavy (non-hydrogen) atoms. The average molecular weight is 529 g/mol. The van der Waals surface area contributed by atoms with Crippen molar-refractivity contribution in [1.29, 1.82) is 0 Å². The molecule has 1 saturated carbocycles. The Labute approximate surface area is 214 Å². The highest BCUT2D eigenvalue weighted by atomic mass is 32.2. The summed E-state index contributed by atoms with van der Waals surface area (Å²) < 4.78 is 62.6. The summed E-state index contributed by atoms with van der Waals surface area (Å²) in [5, 5.41) is 0. The monoisotopic (exact) mass is 528 g/mol. The van der Waals surface area contributed by atoms with Gasteiger partial charge in [-0.2, -0.15) is 4.31 Å². The first-order valence-electron chi connectivity index (χ1n) is 12.1. The fraction of sp³-hybridized carbons (Fsp3) is 0.333. The van der Waals surface area contributed by atoms with Crippen molar-refractivity contribution in [1.82, 2.24) is 9.03 Å². The molecule has 0 saturated heterocycles. The maximum absolute atomic E-state index is 13.7. The minimum absolute atomic E-state index is 0.0398. The summed E-state index contributed by atoms with van der Waals surface area (Å²) in [6, 6.07) is 22.0. The molecule has 9 heteroatoms. The van der Waals surface area contributed by atoms with Crippen molar-refractivity contribution in [2.24, 2.45) is 0 Å². The van der Waals surface area contributed by atoms with E-state index in [1.807, 2.05) is 42.5 Å². The molecular weight excluding hydrogens is 496 g/mol. The van der Waals surface area contributed by atoms with Crippen LogP contribution in [0.25, 0.3) is 0 Å². The molecule has 192 valence electrons. The molecule has 1 aliphatic rings. The van der Waals surface area contributed by atoms with Crippen LogP contribution >= 0.6 is 0 Å². The summed E-state index contributed by atoms with van der Waals surface area (Å²) in [5.41, 5.74) is 1.63. The van der Waals surface area contributed by atoms with Gasteiger partial charge in [-0.3, -0.25) is 0 Å². The fourth-order valence-electron chi connectivity index (χ4n) is 4.44. The number of ether oxygens (including phenoxy) is 1. The van der Waals surface area contributed by atoms with Crippen LogP contribution in [0.4, 0.5) is 0 Å². The maximum Gasteiger partial charge on any atom is 0.243 e. The summed E-state index contributed by atoms with van der Waals surface area (Å²) in [7, 11) is -6.08. The zero-order chi connectivity index (χ0) is 25.6. The number of sulfonamides is 2. The molecule has 7 nitrogen and oxygen atoms in total. The molecule has 3 aromatic rings. The van der Waals surface area contributed by atoms with Gasteiger partial charge < -0.3 is 4.74 Å². The Bertz CT molecular complexity index is 1350. The minimum atomic E-state index is -3.93. The number of nitrogens with zero attached hydrogens (tertiary/aromatic N) is 1. The van der Waals surface area contributed by atoms with Gasteiger partial charge in [-0.1, -0.05) is 61.7 Å². The molecule has 1 aliphatic carbocycles. The van der Waals surface area contributed by atoms with E-state index in [0.717, 1.165) is 43.2 Å². The number of hydrogen-bond acceptors (Lipinski definition) is 5. The van der Waals surface area contributed by atoms with Crippen LogP contribution in [-0.4, -0.2) is 34.3 Å². The summed E-state index contributed by atoms with van der Waals surface area (Å²) in [6.45, 7) is 0.307. The van der Waals surface area contributed by atoms with Crippen LogP contribution in [0.1, 0.15) is 43.2 Å². The zero-order valence-electron chi connectivity index (χ0n) is 20.3. The van der Waals surface area contributed by atoms with Gasteiger partial charge in [-0.05, 0) is 60.4 Å². The van der Waals surface area contributed by atoms with E-state index in [-0.39, 0.29) is 28.9 Å². The normalized spacial score (nSPS) is 15.2. The first kappa shape index (κ1) is 26.3. The van der Waals surface area contributed by atoms with E-state index < -0.39 is 20.0 Å². The molecule has 0 amide bonds. The van der Waals surface area contributed by atoms with Gasteiger partial charge in [0.25, 0.3) is 0 Å². The van der Waals surface area contributed by atoms with Gasteiger partial charge in [0.15, 0.2) is 0 Å². The molecule has 4 rings (SSSR count). The third-order valence-electron chi connectivity index (χ3n) is 6.39. The first-order valence-corrected chi connectivity index (χ1v) is 15.0. The van der Waals surface area contributed by atoms with Crippen LogP contribution < -0.4 is 9.46 Å². The molecule has 0 aliphatic heterocycles. The largest absolute Gasteiger partial charge is 0.497 e. The molecular formula is C27H32N2O5S2. The van der Waals surface area contributed by atoms with E-state index in [1.165, 1.54) is 28.6 Å². The third-order valence-corrected chi connectivity index (χ3v) is 9.74. The van der Waals surface area contributed by atoms with E-state index in [2.05, 4.69) is 4.72 Å². The highest BCUT2D eigenvalue weighted by Gasteiger charge is 2.27. The van der Waals surface area contributed by atoms with Crippen LogP contribution in [0.15, 0.2) is 88.7 Å². The number of benzene rings is 3. The Balaban J connectivity index is 1.59. The van der Waals surface area contributed by atoms with Gasteiger partial charge in [0, 0.05) is 19.1 Å². The van der Waals surface area contributed by atoms with Crippen LogP contribution in [-0.2, 0) is 33.1 Å². The number of nitrogens with one attached hydrogen (secondary N) is 1. The molecule has 0 bridgehead atoms. The van der Waals surface area contributed by atoms with E-state index in [0.29, 0.717) is 5.75 Å². The Morgan fingerprint density at radius 1 is 0.778 bits per heavy atom. The average Bonchev–Trinajstić information content (AvgIpc) is 2.89. The molecule has 0 spiro atoms. The number of rotatable bonds is 10. The van der Waals surface area contributed by atoms with Crippen molar-refractivity contribution in [2.45, 2.75) is 61.0 Å². The van der Waals surface area contributed by atoms with Gasteiger partial charge in [-0.15, -0.1) is 0 Å². The van der Waals surface area contributed by atoms with Gasteiger partial charge in [0.2, 0.25) is 20.0 Å². The molecule has 0 atom stereocenters. The quantitative estimate of drug-likeness (QED) is 0.412. The predicted octanol–water partition coefficient (Wildman–Crippen LogP) is 4.70. The smallest absolute Gasteiger partial charge is 0.243 e. The molecule has 1 fully saturated rings. The standard InChI is InChI=1S/C27H32N2O5S2/c1-34-25-14-8-11-23(19-25)21-29(20-22-9-4-2-5-10-22)36(32,33)27-17-15-26(16-18-27)35(30,31)28-24-12-6-3-7-13-24/h2,4-5,8-11,14-19,24,28H,3,6-7,12-13,20-21H2,1H3. The van der Waals surface area contributed by atoms with Crippen molar-refractivity contribution in [3.8, 4) is 5.75 Å². The molecule has 3 aromatic carbocycles. The van der Waals surface area contributed by atoms with Crippen LogP contribution in [0.3, 0.4) is 0 Å². The first-order chi connectivity index (χ1) is 17.3. The third kappa shape index (κ3) is 6.53.